The maximum atomic E-state index is 10.5. The lowest BCUT2D eigenvalue weighted by Crippen LogP contribution is -2.45. The van der Waals surface area contributed by atoms with E-state index in [9.17, 15) is 5.11 Å². The molecule has 1 aliphatic heterocycles. The van der Waals surface area contributed by atoms with Gasteiger partial charge in [-0.25, -0.2) is 0 Å². The number of aliphatic hydroxyl groups is 1. The Hall–Kier alpha value is -0.120. The van der Waals surface area contributed by atoms with E-state index in [0.717, 1.165) is 52.0 Å². The lowest BCUT2D eigenvalue weighted by Gasteiger charge is -2.32. The van der Waals surface area contributed by atoms with Gasteiger partial charge < -0.3 is 15.3 Å². The minimum absolute atomic E-state index is 0.346. The molecule has 94 valence electrons. The van der Waals surface area contributed by atoms with Gasteiger partial charge in [-0.05, 0) is 19.3 Å². The Morgan fingerprint density at radius 3 is 2.25 bits per heavy atom. The third-order valence-electron chi connectivity index (χ3n) is 4.14. The highest BCUT2D eigenvalue weighted by Crippen LogP contribution is 2.29. The number of nitrogens with zero attached hydrogens (tertiary/aromatic N) is 1. The quantitative estimate of drug-likeness (QED) is 0.713. The average Bonchev–Trinajstić information content (AvgIpc) is 2.54. The molecule has 0 aromatic heterocycles. The molecule has 0 unspecified atom stereocenters. The molecule has 0 amide bonds. The molecule has 0 aromatic rings. The minimum atomic E-state index is -0.346. The zero-order chi connectivity index (χ0) is 11.3. The molecule has 0 bridgehead atoms. The Morgan fingerprint density at radius 1 is 1.00 bits per heavy atom. The molecule has 2 N–H and O–H groups in total. The van der Waals surface area contributed by atoms with Crippen molar-refractivity contribution in [2.45, 2.75) is 50.5 Å². The second-order valence-electron chi connectivity index (χ2n) is 5.48. The molecule has 3 heteroatoms. The number of piperazine rings is 1. The zero-order valence-electron chi connectivity index (χ0n) is 10.4. The molecule has 1 heterocycles. The van der Waals surface area contributed by atoms with Crippen LogP contribution >= 0.6 is 0 Å². The molecule has 0 atom stereocenters. The second-order valence-corrected chi connectivity index (χ2v) is 5.48. The van der Waals surface area contributed by atoms with Crippen molar-refractivity contribution in [3.63, 3.8) is 0 Å². The highest BCUT2D eigenvalue weighted by atomic mass is 16.3. The van der Waals surface area contributed by atoms with Gasteiger partial charge in [-0.3, -0.25) is 0 Å². The first-order valence-electron chi connectivity index (χ1n) is 6.94. The van der Waals surface area contributed by atoms with Gasteiger partial charge in [0.2, 0.25) is 0 Å². The predicted octanol–water partition coefficient (Wildman–Crippen LogP) is 1.37. The summed E-state index contributed by atoms with van der Waals surface area (Å²) in [5, 5.41) is 13.9. The van der Waals surface area contributed by atoms with E-state index in [1.165, 1.54) is 25.7 Å². The van der Waals surface area contributed by atoms with Crippen LogP contribution in [0.25, 0.3) is 0 Å². The molecule has 1 aliphatic carbocycles. The Bertz CT molecular complexity index is 194. The SMILES string of the molecule is OC1(CCN2CCNCC2)CCCCCC1. The molecular weight excluding hydrogens is 200 g/mol. The Labute approximate surface area is 99.2 Å². The standard InChI is InChI=1S/C13H26N2O/c16-13(5-3-1-2-4-6-13)7-10-15-11-8-14-9-12-15/h14,16H,1-12H2. The van der Waals surface area contributed by atoms with E-state index >= 15 is 0 Å². The maximum absolute atomic E-state index is 10.5. The fraction of sp³-hybridized carbons (Fsp3) is 1.00. The largest absolute Gasteiger partial charge is 0.390 e. The van der Waals surface area contributed by atoms with Crippen LogP contribution in [0.1, 0.15) is 44.9 Å². The first-order valence-corrected chi connectivity index (χ1v) is 6.94. The van der Waals surface area contributed by atoms with Gasteiger partial charge in [-0.1, -0.05) is 25.7 Å². The fourth-order valence-electron chi connectivity index (χ4n) is 2.94. The van der Waals surface area contributed by atoms with Crippen LogP contribution in [0.15, 0.2) is 0 Å². The van der Waals surface area contributed by atoms with Gasteiger partial charge in [0.25, 0.3) is 0 Å². The summed E-state index contributed by atoms with van der Waals surface area (Å²) in [5.74, 6) is 0. The molecule has 0 spiro atoms. The number of hydrogen-bond donors (Lipinski definition) is 2. The van der Waals surface area contributed by atoms with Crippen LogP contribution in [-0.2, 0) is 0 Å². The van der Waals surface area contributed by atoms with E-state index in [1.807, 2.05) is 0 Å². The highest BCUT2D eigenvalue weighted by molar-refractivity contribution is 4.82. The van der Waals surface area contributed by atoms with Crippen molar-refractivity contribution in [3.05, 3.63) is 0 Å². The number of nitrogens with one attached hydrogen (secondary N) is 1. The van der Waals surface area contributed by atoms with Gasteiger partial charge in [0.1, 0.15) is 0 Å². The van der Waals surface area contributed by atoms with E-state index in [0.29, 0.717) is 0 Å². The smallest absolute Gasteiger partial charge is 0.0660 e. The topological polar surface area (TPSA) is 35.5 Å². The molecule has 1 saturated heterocycles. The summed E-state index contributed by atoms with van der Waals surface area (Å²) in [7, 11) is 0. The molecule has 1 saturated carbocycles. The molecule has 0 radical (unpaired) electrons. The third-order valence-corrected chi connectivity index (χ3v) is 4.14. The van der Waals surface area contributed by atoms with Gasteiger partial charge in [0.15, 0.2) is 0 Å². The summed E-state index contributed by atoms with van der Waals surface area (Å²) < 4.78 is 0. The van der Waals surface area contributed by atoms with E-state index in [4.69, 9.17) is 0 Å². The number of rotatable bonds is 3. The first kappa shape index (κ1) is 12.3. The first-order chi connectivity index (χ1) is 7.79. The summed E-state index contributed by atoms with van der Waals surface area (Å²) in [5.41, 5.74) is -0.346. The Kier molecular flexibility index (Phi) is 4.62. The zero-order valence-corrected chi connectivity index (χ0v) is 10.4. The fourth-order valence-corrected chi connectivity index (χ4v) is 2.94. The monoisotopic (exact) mass is 226 g/mol. The predicted molar refractivity (Wildman–Crippen MR) is 66.6 cm³/mol. The molecule has 16 heavy (non-hydrogen) atoms. The molecule has 2 rings (SSSR count). The van der Waals surface area contributed by atoms with Crippen molar-refractivity contribution < 1.29 is 5.11 Å². The van der Waals surface area contributed by atoms with Crippen LogP contribution in [-0.4, -0.2) is 48.3 Å². The van der Waals surface area contributed by atoms with E-state index in [-0.39, 0.29) is 5.60 Å². The van der Waals surface area contributed by atoms with Crippen LogP contribution in [0.2, 0.25) is 0 Å². The Balaban J connectivity index is 1.73. The van der Waals surface area contributed by atoms with E-state index < -0.39 is 0 Å². The lowest BCUT2D eigenvalue weighted by atomic mass is 9.90. The lowest BCUT2D eigenvalue weighted by molar-refractivity contribution is 0.00635. The van der Waals surface area contributed by atoms with Crippen molar-refractivity contribution in [2.75, 3.05) is 32.7 Å². The van der Waals surface area contributed by atoms with Crippen LogP contribution < -0.4 is 5.32 Å². The summed E-state index contributed by atoms with van der Waals surface area (Å²) >= 11 is 0. The van der Waals surface area contributed by atoms with Crippen LogP contribution in [0.3, 0.4) is 0 Å². The van der Waals surface area contributed by atoms with Crippen molar-refractivity contribution in [1.82, 2.24) is 10.2 Å². The molecule has 3 nitrogen and oxygen atoms in total. The highest BCUT2D eigenvalue weighted by Gasteiger charge is 2.28. The van der Waals surface area contributed by atoms with Crippen LogP contribution in [0, 0.1) is 0 Å². The molecular formula is C13H26N2O. The Morgan fingerprint density at radius 2 is 1.62 bits per heavy atom. The van der Waals surface area contributed by atoms with Gasteiger partial charge in [0, 0.05) is 32.7 Å². The molecule has 2 fully saturated rings. The summed E-state index contributed by atoms with van der Waals surface area (Å²) in [4.78, 5) is 2.49. The van der Waals surface area contributed by atoms with Crippen molar-refractivity contribution in [1.29, 1.82) is 0 Å². The van der Waals surface area contributed by atoms with Crippen molar-refractivity contribution in [2.24, 2.45) is 0 Å². The van der Waals surface area contributed by atoms with Crippen molar-refractivity contribution >= 4 is 0 Å². The van der Waals surface area contributed by atoms with Gasteiger partial charge >= 0.3 is 0 Å². The summed E-state index contributed by atoms with van der Waals surface area (Å²) in [6, 6.07) is 0. The maximum Gasteiger partial charge on any atom is 0.0660 e. The summed E-state index contributed by atoms with van der Waals surface area (Å²) in [6.45, 7) is 5.60. The van der Waals surface area contributed by atoms with E-state index in [2.05, 4.69) is 10.2 Å². The van der Waals surface area contributed by atoms with Gasteiger partial charge in [-0.15, -0.1) is 0 Å². The van der Waals surface area contributed by atoms with E-state index in [1.54, 1.807) is 0 Å². The van der Waals surface area contributed by atoms with Gasteiger partial charge in [0.05, 0.1) is 5.60 Å². The third kappa shape index (κ3) is 3.72. The van der Waals surface area contributed by atoms with Crippen LogP contribution in [0.4, 0.5) is 0 Å². The summed E-state index contributed by atoms with van der Waals surface area (Å²) in [6.07, 6.45) is 8.10. The molecule has 2 aliphatic rings. The second kappa shape index (κ2) is 5.99. The number of hydrogen-bond acceptors (Lipinski definition) is 3. The minimum Gasteiger partial charge on any atom is -0.390 e. The van der Waals surface area contributed by atoms with Gasteiger partial charge in [-0.2, -0.15) is 0 Å². The normalized spacial score (nSPS) is 27.6. The van der Waals surface area contributed by atoms with Crippen LogP contribution in [0.5, 0.6) is 0 Å². The average molecular weight is 226 g/mol. The van der Waals surface area contributed by atoms with Crippen molar-refractivity contribution in [3.8, 4) is 0 Å². The molecule has 0 aromatic carbocycles.